The molecule has 4 nitrogen and oxygen atoms in total. The fraction of sp³-hybridized carbons (Fsp3) is 0.250. The molecule has 1 aromatic carbocycles. The minimum atomic E-state index is 0.463. The summed E-state index contributed by atoms with van der Waals surface area (Å²) in [5.74, 6) is 0.793. The smallest absolute Gasteiger partial charge is 0.146 e. The lowest BCUT2D eigenvalue weighted by Crippen LogP contribution is -2.07. The molecule has 2 aromatic heterocycles. The van der Waals surface area contributed by atoms with E-state index in [1.54, 1.807) is 6.20 Å². The first-order valence-electron chi connectivity index (χ1n) is 6.89. The van der Waals surface area contributed by atoms with E-state index < -0.39 is 0 Å². The maximum atomic E-state index is 5.99. The molecule has 0 aliphatic heterocycles. The van der Waals surface area contributed by atoms with Gasteiger partial charge in [-0.25, -0.2) is 0 Å². The highest BCUT2D eigenvalue weighted by molar-refractivity contribution is 9.10. The molecule has 108 valence electrons. The molecule has 0 unspecified atom stereocenters. The average molecular weight is 346 g/mol. The van der Waals surface area contributed by atoms with Gasteiger partial charge in [-0.05, 0) is 41.9 Å². The van der Waals surface area contributed by atoms with Gasteiger partial charge in [-0.2, -0.15) is 5.10 Å². The van der Waals surface area contributed by atoms with Crippen molar-refractivity contribution in [1.29, 1.82) is 0 Å². The number of fused-ring (bicyclic) bond motifs is 1. The molecular formula is C16H16BrN3O. The minimum absolute atomic E-state index is 0.463. The van der Waals surface area contributed by atoms with Crippen LogP contribution in [-0.2, 0) is 13.2 Å². The van der Waals surface area contributed by atoms with Gasteiger partial charge in [0.25, 0.3) is 0 Å². The number of hydrogen-bond donors (Lipinski definition) is 0. The summed E-state index contributed by atoms with van der Waals surface area (Å²) in [6.07, 6.45) is 1.78. The van der Waals surface area contributed by atoms with Crippen LogP contribution >= 0.6 is 15.9 Å². The summed E-state index contributed by atoms with van der Waals surface area (Å²) in [5.41, 5.74) is 2.91. The third-order valence-corrected chi connectivity index (χ3v) is 4.44. The van der Waals surface area contributed by atoms with Crippen molar-refractivity contribution in [2.24, 2.45) is 0 Å². The molecule has 3 aromatic rings. The summed E-state index contributed by atoms with van der Waals surface area (Å²) in [7, 11) is 0. The van der Waals surface area contributed by atoms with Crippen molar-refractivity contribution in [1.82, 2.24) is 14.8 Å². The lowest BCUT2D eigenvalue weighted by Gasteiger charge is -2.10. The summed E-state index contributed by atoms with van der Waals surface area (Å²) < 4.78 is 8.96. The van der Waals surface area contributed by atoms with Gasteiger partial charge >= 0.3 is 0 Å². The summed E-state index contributed by atoms with van der Waals surface area (Å²) in [6, 6.07) is 9.93. The lowest BCUT2D eigenvalue weighted by atomic mass is 10.2. The van der Waals surface area contributed by atoms with Gasteiger partial charge in [0.1, 0.15) is 17.9 Å². The fourth-order valence-electron chi connectivity index (χ4n) is 2.35. The van der Waals surface area contributed by atoms with Crippen molar-refractivity contribution < 1.29 is 4.74 Å². The number of aryl methyl sites for hydroxylation is 2. The number of aromatic nitrogens is 3. The molecule has 0 spiro atoms. The second-order valence-electron chi connectivity index (χ2n) is 4.78. The second-order valence-corrected chi connectivity index (χ2v) is 5.57. The van der Waals surface area contributed by atoms with Crippen LogP contribution < -0.4 is 4.74 Å². The van der Waals surface area contributed by atoms with Crippen molar-refractivity contribution in [2.75, 3.05) is 0 Å². The van der Waals surface area contributed by atoms with E-state index in [-0.39, 0.29) is 0 Å². The Balaban J connectivity index is 1.91. The van der Waals surface area contributed by atoms with E-state index >= 15 is 0 Å². The van der Waals surface area contributed by atoms with Crippen LogP contribution in [0.5, 0.6) is 5.75 Å². The summed E-state index contributed by atoms with van der Waals surface area (Å²) in [5, 5.41) is 5.56. The Morgan fingerprint density at radius 2 is 2.05 bits per heavy atom. The second kappa shape index (κ2) is 5.85. The Bertz CT molecular complexity index is 777. The van der Waals surface area contributed by atoms with E-state index in [0.717, 1.165) is 39.1 Å². The monoisotopic (exact) mass is 345 g/mol. The van der Waals surface area contributed by atoms with Gasteiger partial charge < -0.3 is 4.74 Å². The number of nitrogens with zero attached hydrogens (tertiary/aromatic N) is 3. The van der Waals surface area contributed by atoms with Crippen molar-refractivity contribution >= 4 is 26.8 Å². The van der Waals surface area contributed by atoms with Crippen LogP contribution in [0.1, 0.15) is 18.3 Å². The molecule has 5 heteroatoms. The topological polar surface area (TPSA) is 39.9 Å². The number of hydrogen-bond acceptors (Lipinski definition) is 3. The Morgan fingerprint density at radius 3 is 2.86 bits per heavy atom. The average Bonchev–Trinajstić information content (AvgIpc) is 2.80. The quantitative estimate of drug-likeness (QED) is 0.714. The van der Waals surface area contributed by atoms with Crippen LogP contribution in [0.2, 0.25) is 0 Å². The van der Waals surface area contributed by atoms with Crippen LogP contribution in [0.3, 0.4) is 0 Å². The molecule has 0 amide bonds. The van der Waals surface area contributed by atoms with Gasteiger partial charge in [0.2, 0.25) is 0 Å². The highest BCUT2D eigenvalue weighted by Crippen LogP contribution is 2.26. The van der Waals surface area contributed by atoms with Gasteiger partial charge in [0, 0.05) is 18.1 Å². The molecule has 0 atom stereocenters. The number of ether oxygens (including phenoxy) is 1. The van der Waals surface area contributed by atoms with Crippen LogP contribution in [0.15, 0.2) is 41.0 Å². The van der Waals surface area contributed by atoms with Crippen molar-refractivity contribution in [3.8, 4) is 5.75 Å². The molecule has 0 bridgehead atoms. The van der Waals surface area contributed by atoms with Crippen LogP contribution in [0, 0.1) is 6.92 Å². The molecule has 3 rings (SSSR count). The maximum absolute atomic E-state index is 5.99. The summed E-state index contributed by atoms with van der Waals surface area (Å²) in [6.45, 7) is 5.34. The van der Waals surface area contributed by atoms with Gasteiger partial charge in [-0.15, -0.1) is 0 Å². The summed E-state index contributed by atoms with van der Waals surface area (Å²) in [4.78, 5) is 4.40. The maximum Gasteiger partial charge on any atom is 0.146 e. The standard InChI is InChI=1S/C16H16BrN3O/c1-3-20-13(15(17)11(2)19-20)10-21-14-8-4-6-12-7-5-9-18-16(12)14/h4-9H,3,10H2,1-2H3. The first-order valence-corrected chi connectivity index (χ1v) is 7.68. The van der Waals surface area contributed by atoms with Crippen molar-refractivity contribution in [3.63, 3.8) is 0 Å². The molecule has 2 heterocycles. The molecule has 0 radical (unpaired) electrons. The zero-order chi connectivity index (χ0) is 14.8. The Hall–Kier alpha value is -1.88. The first kappa shape index (κ1) is 14.1. The number of para-hydroxylation sites is 1. The molecule has 21 heavy (non-hydrogen) atoms. The fourth-order valence-corrected chi connectivity index (χ4v) is 2.74. The predicted octanol–water partition coefficient (Wildman–Crippen LogP) is 4.10. The molecule has 0 fully saturated rings. The van der Waals surface area contributed by atoms with Crippen molar-refractivity contribution in [3.05, 3.63) is 52.4 Å². The molecule has 0 aliphatic carbocycles. The zero-order valence-corrected chi connectivity index (χ0v) is 13.6. The number of rotatable bonds is 4. The van der Waals surface area contributed by atoms with E-state index in [4.69, 9.17) is 4.74 Å². The van der Waals surface area contributed by atoms with E-state index in [1.165, 1.54) is 0 Å². The Kier molecular flexibility index (Phi) is 3.92. The van der Waals surface area contributed by atoms with Gasteiger partial charge in [-0.3, -0.25) is 9.67 Å². The van der Waals surface area contributed by atoms with Gasteiger partial charge in [0.15, 0.2) is 0 Å². The van der Waals surface area contributed by atoms with Gasteiger partial charge in [-0.1, -0.05) is 18.2 Å². The molecule has 0 saturated carbocycles. The zero-order valence-electron chi connectivity index (χ0n) is 12.0. The normalized spacial score (nSPS) is 11.0. The highest BCUT2D eigenvalue weighted by atomic mass is 79.9. The van der Waals surface area contributed by atoms with Crippen LogP contribution in [0.4, 0.5) is 0 Å². The molecule has 0 N–H and O–H groups in total. The molecule has 0 aliphatic rings. The first-order chi connectivity index (χ1) is 10.2. The van der Waals surface area contributed by atoms with Crippen LogP contribution in [-0.4, -0.2) is 14.8 Å². The minimum Gasteiger partial charge on any atom is -0.485 e. The van der Waals surface area contributed by atoms with Gasteiger partial charge in [0.05, 0.1) is 15.9 Å². The van der Waals surface area contributed by atoms with Crippen molar-refractivity contribution in [2.45, 2.75) is 27.0 Å². The largest absolute Gasteiger partial charge is 0.485 e. The third kappa shape index (κ3) is 2.65. The SMILES string of the molecule is CCn1nc(C)c(Br)c1COc1cccc2cccnc12. The molecule has 0 saturated heterocycles. The number of benzene rings is 1. The predicted molar refractivity (Wildman–Crippen MR) is 86.4 cm³/mol. The lowest BCUT2D eigenvalue weighted by molar-refractivity contribution is 0.294. The van der Waals surface area contributed by atoms with E-state index in [9.17, 15) is 0 Å². The third-order valence-electron chi connectivity index (χ3n) is 3.41. The highest BCUT2D eigenvalue weighted by Gasteiger charge is 2.13. The van der Waals surface area contributed by atoms with E-state index in [1.807, 2.05) is 41.9 Å². The Labute approximate surface area is 131 Å². The number of halogens is 1. The van der Waals surface area contributed by atoms with Crippen LogP contribution in [0.25, 0.3) is 10.9 Å². The molecular weight excluding hydrogens is 330 g/mol. The summed E-state index contributed by atoms with van der Waals surface area (Å²) >= 11 is 3.59. The van der Waals surface area contributed by atoms with E-state index in [0.29, 0.717) is 6.61 Å². The number of pyridine rings is 1. The van der Waals surface area contributed by atoms with E-state index in [2.05, 4.69) is 32.9 Å². The Morgan fingerprint density at radius 1 is 1.24 bits per heavy atom.